The number of fused-ring (bicyclic) bond motifs is 3. The molecular formula is C20H15Cl2FN2O3. The predicted molar refractivity (Wildman–Crippen MR) is 102 cm³/mol. The number of carbonyl (C=O) groups excluding carboxylic acids is 2. The number of amides is 1. The lowest BCUT2D eigenvalue weighted by Gasteiger charge is -2.32. The molecule has 5 rings (SSSR count). The zero-order valence-electron chi connectivity index (χ0n) is 14.5. The number of rotatable bonds is 1. The van der Waals surface area contributed by atoms with Crippen LogP contribution in [0.15, 0.2) is 36.4 Å². The van der Waals surface area contributed by atoms with E-state index in [1.54, 1.807) is 30.3 Å². The summed E-state index contributed by atoms with van der Waals surface area (Å²) in [5.74, 6) is -2.96. The van der Waals surface area contributed by atoms with E-state index in [1.165, 1.54) is 6.07 Å². The van der Waals surface area contributed by atoms with Crippen LogP contribution in [0, 0.1) is 11.7 Å². The lowest BCUT2D eigenvalue weighted by Crippen LogP contribution is -2.49. The third-order valence-electron chi connectivity index (χ3n) is 5.95. The fourth-order valence-corrected chi connectivity index (χ4v) is 5.21. The van der Waals surface area contributed by atoms with E-state index in [4.69, 9.17) is 27.9 Å². The Balaban J connectivity index is 1.78. The first kappa shape index (κ1) is 17.9. The molecule has 3 aliphatic rings. The number of anilines is 1. The third-order valence-corrected chi connectivity index (χ3v) is 6.47. The zero-order valence-corrected chi connectivity index (χ0v) is 16.0. The van der Waals surface area contributed by atoms with Crippen molar-refractivity contribution in [3.05, 3.63) is 63.4 Å². The Labute approximate surface area is 170 Å². The normalized spacial score (nSPS) is 30.8. The van der Waals surface area contributed by atoms with E-state index in [2.05, 4.69) is 10.6 Å². The minimum absolute atomic E-state index is 0.0602. The largest absolute Gasteiger partial charge is 0.465 e. The lowest BCUT2D eigenvalue weighted by atomic mass is 9.71. The third kappa shape index (κ3) is 2.28. The van der Waals surface area contributed by atoms with E-state index in [1.807, 2.05) is 0 Å². The number of cyclic esters (lactones) is 1. The minimum atomic E-state index is -1.32. The Morgan fingerprint density at radius 1 is 1.18 bits per heavy atom. The maximum Gasteiger partial charge on any atom is 0.311 e. The molecule has 2 aromatic carbocycles. The number of hydrogen-bond donors (Lipinski definition) is 2. The second kappa shape index (κ2) is 6.17. The zero-order chi connectivity index (χ0) is 19.6. The fraction of sp³-hybridized carbons (Fsp3) is 0.300. The quantitative estimate of drug-likeness (QED) is 0.691. The van der Waals surface area contributed by atoms with Gasteiger partial charge >= 0.3 is 5.97 Å². The lowest BCUT2D eigenvalue weighted by molar-refractivity contribution is -0.153. The van der Waals surface area contributed by atoms with E-state index < -0.39 is 29.2 Å². The van der Waals surface area contributed by atoms with Gasteiger partial charge in [-0.05, 0) is 30.2 Å². The van der Waals surface area contributed by atoms with Crippen molar-refractivity contribution >= 4 is 40.8 Å². The summed E-state index contributed by atoms with van der Waals surface area (Å²) in [5, 5.41) is 6.60. The van der Waals surface area contributed by atoms with Crippen molar-refractivity contribution in [2.24, 2.45) is 5.92 Å². The van der Waals surface area contributed by atoms with Gasteiger partial charge in [-0.3, -0.25) is 14.9 Å². The molecule has 3 aliphatic heterocycles. The molecule has 0 bridgehead atoms. The molecule has 0 unspecified atom stereocenters. The minimum Gasteiger partial charge on any atom is -0.465 e. The van der Waals surface area contributed by atoms with Crippen molar-refractivity contribution in [1.29, 1.82) is 0 Å². The van der Waals surface area contributed by atoms with Crippen LogP contribution in [0.25, 0.3) is 0 Å². The second-order valence-corrected chi connectivity index (χ2v) is 8.15. The van der Waals surface area contributed by atoms with Crippen LogP contribution in [0.2, 0.25) is 10.0 Å². The molecule has 1 amide bonds. The van der Waals surface area contributed by atoms with Crippen molar-refractivity contribution < 1.29 is 18.7 Å². The van der Waals surface area contributed by atoms with E-state index in [0.29, 0.717) is 22.7 Å². The van der Waals surface area contributed by atoms with Crippen molar-refractivity contribution in [2.75, 3.05) is 11.9 Å². The Morgan fingerprint density at radius 2 is 2.00 bits per heavy atom. The molecular weight excluding hydrogens is 406 g/mol. The van der Waals surface area contributed by atoms with Crippen LogP contribution in [0.4, 0.5) is 10.1 Å². The molecule has 0 aliphatic carbocycles. The smallest absolute Gasteiger partial charge is 0.311 e. The molecule has 4 atom stereocenters. The molecule has 3 heterocycles. The molecule has 2 aromatic rings. The monoisotopic (exact) mass is 420 g/mol. The molecule has 28 heavy (non-hydrogen) atoms. The summed E-state index contributed by atoms with van der Waals surface area (Å²) < 4.78 is 20.3. The summed E-state index contributed by atoms with van der Waals surface area (Å²) in [4.78, 5) is 26.0. The summed E-state index contributed by atoms with van der Waals surface area (Å²) in [5.41, 5.74) is 0.0756. The van der Waals surface area contributed by atoms with Gasteiger partial charge in [-0.25, -0.2) is 4.39 Å². The number of halogens is 3. The highest BCUT2D eigenvalue weighted by Gasteiger charge is 2.65. The molecule has 0 saturated carbocycles. The second-order valence-electron chi connectivity index (χ2n) is 7.31. The SMILES string of the molecule is O=C1OCC[C@H]2N[C@@]3(C(=O)Nc4cc(Cl)ccc43)[C@H](c3cccc(Cl)c3F)[C@@H]12. The summed E-state index contributed by atoms with van der Waals surface area (Å²) in [6, 6.07) is 9.37. The predicted octanol–water partition coefficient (Wildman–Crippen LogP) is 3.60. The highest BCUT2D eigenvalue weighted by molar-refractivity contribution is 6.31. The van der Waals surface area contributed by atoms with E-state index in [9.17, 15) is 9.59 Å². The fourth-order valence-electron chi connectivity index (χ4n) is 4.85. The van der Waals surface area contributed by atoms with Crippen molar-refractivity contribution in [3.8, 4) is 0 Å². The molecule has 2 fully saturated rings. The van der Waals surface area contributed by atoms with Crippen LogP contribution in [0.3, 0.4) is 0 Å². The first-order chi connectivity index (χ1) is 13.4. The van der Waals surface area contributed by atoms with Crippen LogP contribution in [-0.2, 0) is 19.9 Å². The molecule has 0 radical (unpaired) electrons. The maximum absolute atomic E-state index is 15.1. The van der Waals surface area contributed by atoms with E-state index in [0.717, 1.165) is 0 Å². The number of carbonyl (C=O) groups is 2. The number of benzene rings is 2. The highest BCUT2D eigenvalue weighted by atomic mass is 35.5. The Morgan fingerprint density at radius 3 is 2.82 bits per heavy atom. The van der Waals surface area contributed by atoms with Gasteiger partial charge in [0.1, 0.15) is 11.4 Å². The average Bonchev–Trinajstić information content (AvgIpc) is 3.14. The summed E-state index contributed by atoms with van der Waals surface area (Å²) >= 11 is 12.1. The molecule has 5 nitrogen and oxygen atoms in total. The van der Waals surface area contributed by atoms with Crippen LogP contribution in [0.1, 0.15) is 23.5 Å². The van der Waals surface area contributed by atoms with Gasteiger partial charge in [0.25, 0.3) is 0 Å². The van der Waals surface area contributed by atoms with Crippen molar-refractivity contribution in [1.82, 2.24) is 5.32 Å². The first-order valence-electron chi connectivity index (χ1n) is 8.93. The first-order valence-corrected chi connectivity index (χ1v) is 9.69. The molecule has 2 N–H and O–H groups in total. The van der Waals surface area contributed by atoms with Gasteiger partial charge < -0.3 is 10.1 Å². The molecule has 0 aromatic heterocycles. The Hall–Kier alpha value is -2.15. The van der Waals surface area contributed by atoms with Crippen LogP contribution < -0.4 is 10.6 Å². The van der Waals surface area contributed by atoms with Gasteiger partial charge in [-0.2, -0.15) is 0 Å². The van der Waals surface area contributed by atoms with Crippen molar-refractivity contribution in [2.45, 2.75) is 23.9 Å². The summed E-state index contributed by atoms with van der Waals surface area (Å²) in [6.07, 6.45) is 0.535. The van der Waals surface area contributed by atoms with Crippen LogP contribution >= 0.6 is 23.2 Å². The van der Waals surface area contributed by atoms with E-state index in [-0.39, 0.29) is 29.1 Å². The standard InChI is InChI=1S/C20H15Cl2FN2O3/c21-9-4-5-11-14(8-9)24-19(27)20(11)16(10-2-1-3-12(22)17(10)23)15-13(25-20)6-7-28-18(15)26/h1-5,8,13,15-16,25H,6-7H2,(H,24,27)/t13-,15+,16-,20-/m1/s1. The Bertz CT molecular complexity index is 1030. The van der Waals surface area contributed by atoms with Crippen LogP contribution in [0.5, 0.6) is 0 Å². The topological polar surface area (TPSA) is 67.4 Å². The van der Waals surface area contributed by atoms with Gasteiger partial charge in [0.2, 0.25) is 5.91 Å². The molecule has 1 spiro atoms. The summed E-state index contributed by atoms with van der Waals surface area (Å²) in [6.45, 7) is 0.253. The highest BCUT2D eigenvalue weighted by Crippen LogP contribution is 2.56. The van der Waals surface area contributed by atoms with Gasteiger partial charge in [0.05, 0.1) is 17.5 Å². The molecule has 2 saturated heterocycles. The number of esters is 1. The average molecular weight is 421 g/mol. The molecule has 8 heteroatoms. The van der Waals surface area contributed by atoms with Crippen LogP contribution in [-0.4, -0.2) is 24.5 Å². The summed E-state index contributed by atoms with van der Waals surface area (Å²) in [7, 11) is 0. The molecule has 144 valence electrons. The number of hydrogen-bond acceptors (Lipinski definition) is 4. The van der Waals surface area contributed by atoms with Gasteiger partial charge in [0, 0.05) is 28.2 Å². The van der Waals surface area contributed by atoms with Gasteiger partial charge in [-0.15, -0.1) is 0 Å². The van der Waals surface area contributed by atoms with Crippen molar-refractivity contribution in [3.63, 3.8) is 0 Å². The Kier molecular flexibility index (Phi) is 3.95. The number of ether oxygens (including phenoxy) is 1. The number of nitrogens with one attached hydrogen (secondary N) is 2. The van der Waals surface area contributed by atoms with Gasteiger partial charge in [-0.1, -0.05) is 41.4 Å². The van der Waals surface area contributed by atoms with E-state index >= 15 is 4.39 Å². The maximum atomic E-state index is 15.1. The van der Waals surface area contributed by atoms with Gasteiger partial charge in [0.15, 0.2) is 0 Å².